The third-order valence-electron chi connectivity index (χ3n) is 4.03. The van der Waals surface area contributed by atoms with E-state index < -0.39 is 26.8 Å². The summed E-state index contributed by atoms with van der Waals surface area (Å²) in [5, 5.41) is 3.21. The molecule has 2 rings (SSSR count). The Hall–Kier alpha value is -1.51. The zero-order valence-electron chi connectivity index (χ0n) is 13.3. The van der Waals surface area contributed by atoms with Gasteiger partial charge in [-0.1, -0.05) is 12.1 Å². The summed E-state index contributed by atoms with van der Waals surface area (Å²) in [6.07, 6.45) is 1.66. The first-order valence-corrected chi connectivity index (χ1v) is 9.05. The Kier molecular flexibility index (Phi) is 5.72. The quantitative estimate of drug-likeness (QED) is 0.825. The number of carbonyl (C=O) groups is 1. The first-order valence-electron chi connectivity index (χ1n) is 7.57. The van der Waals surface area contributed by atoms with Crippen molar-refractivity contribution in [2.75, 3.05) is 20.1 Å². The third kappa shape index (κ3) is 4.27. The molecule has 0 aliphatic carbocycles. The van der Waals surface area contributed by atoms with Crippen molar-refractivity contribution in [2.24, 2.45) is 0 Å². The van der Waals surface area contributed by atoms with E-state index in [-0.39, 0.29) is 11.9 Å². The second kappa shape index (κ2) is 7.37. The maximum atomic E-state index is 13.7. The van der Waals surface area contributed by atoms with Crippen molar-refractivity contribution in [3.8, 4) is 0 Å². The summed E-state index contributed by atoms with van der Waals surface area (Å²) in [7, 11) is -2.41. The number of nitrogens with one attached hydrogen (secondary N) is 2. The minimum atomic E-state index is -4.08. The summed E-state index contributed by atoms with van der Waals surface area (Å²) in [5.41, 5.74) is 0. The zero-order chi connectivity index (χ0) is 17.0. The molecule has 2 N–H and O–H groups in total. The fraction of sp³-hybridized carbons (Fsp3) is 0.533. The molecule has 1 atom stereocenters. The first kappa shape index (κ1) is 17.8. The van der Waals surface area contributed by atoms with Crippen molar-refractivity contribution in [1.82, 2.24) is 14.9 Å². The van der Waals surface area contributed by atoms with Crippen molar-refractivity contribution in [1.29, 1.82) is 0 Å². The Morgan fingerprint density at radius 3 is 2.57 bits per heavy atom. The molecule has 0 radical (unpaired) electrons. The number of piperidine rings is 1. The average Bonchev–Trinajstić information content (AvgIpc) is 2.54. The summed E-state index contributed by atoms with van der Waals surface area (Å²) < 4.78 is 40.4. The van der Waals surface area contributed by atoms with E-state index in [4.69, 9.17) is 0 Å². The highest BCUT2D eigenvalue weighted by Crippen LogP contribution is 2.15. The number of benzene rings is 1. The lowest BCUT2D eigenvalue weighted by Gasteiger charge is -2.33. The number of nitrogens with zero attached hydrogens (tertiary/aromatic N) is 1. The molecule has 1 aromatic rings. The molecule has 0 saturated carbocycles. The van der Waals surface area contributed by atoms with Crippen molar-refractivity contribution in [3.05, 3.63) is 30.1 Å². The number of rotatable bonds is 5. The van der Waals surface area contributed by atoms with Gasteiger partial charge in [0, 0.05) is 13.1 Å². The topological polar surface area (TPSA) is 78.5 Å². The molecular formula is C15H22FN3O3S. The molecule has 128 valence electrons. The van der Waals surface area contributed by atoms with Crippen LogP contribution in [0.25, 0.3) is 0 Å². The molecule has 1 aromatic carbocycles. The smallest absolute Gasteiger partial charge is 0.244 e. The van der Waals surface area contributed by atoms with Crippen LogP contribution in [0.15, 0.2) is 29.2 Å². The fourth-order valence-corrected chi connectivity index (χ4v) is 3.96. The lowest BCUT2D eigenvalue weighted by molar-refractivity contribution is -0.133. The Morgan fingerprint density at radius 2 is 1.96 bits per heavy atom. The molecule has 1 heterocycles. The minimum absolute atomic E-state index is 0.0872. The van der Waals surface area contributed by atoms with Crippen LogP contribution in [0.1, 0.15) is 19.8 Å². The Bertz CT molecular complexity index is 660. The molecule has 1 fully saturated rings. The van der Waals surface area contributed by atoms with Crippen LogP contribution in [-0.2, 0) is 14.8 Å². The number of hydrogen-bond donors (Lipinski definition) is 2. The molecule has 6 nitrogen and oxygen atoms in total. The highest BCUT2D eigenvalue weighted by atomic mass is 32.2. The maximum Gasteiger partial charge on any atom is 0.244 e. The molecule has 8 heteroatoms. The van der Waals surface area contributed by atoms with E-state index >= 15 is 0 Å². The molecule has 0 bridgehead atoms. The molecule has 0 spiro atoms. The van der Waals surface area contributed by atoms with Crippen LogP contribution in [0.5, 0.6) is 0 Å². The van der Waals surface area contributed by atoms with E-state index in [9.17, 15) is 17.6 Å². The van der Waals surface area contributed by atoms with Gasteiger partial charge in [0.2, 0.25) is 15.9 Å². The number of hydrogen-bond acceptors (Lipinski definition) is 4. The normalized spacial score (nSPS) is 17.7. The number of likely N-dealkylation sites (N-methyl/N-ethyl adjacent to an activating group) is 1. The van der Waals surface area contributed by atoms with Crippen molar-refractivity contribution in [2.45, 2.75) is 36.7 Å². The Balaban J connectivity index is 2.06. The van der Waals surface area contributed by atoms with Crippen LogP contribution in [0.4, 0.5) is 4.39 Å². The van der Waals surface area contributed by atoms with E-state index in [2.05, 4.69) is 10.0 Å². The number of sulfonamides is 1. The molecule has 1 aliphatic heterocycles. The zero-order valence-corrected chi connectivity index (χ0v) is 14.1. The third-order valence-corrected chi connectivity index (χ3v) is 5.61. The van der Waals surface area contributed by atoms with Gasteiger partial charge >= 0.3 is 0 Å². The Morgan fingerprint density at radius 1 is 1.35 bits per heavy atom. The van der Waals surface area contributed by atoms with Gasteiger partial charge in [0.1, 0.15) is 10.7 Å². The van der Waals surface area contributed by atoms with Crippen LogP contribution < -0.4 is 10.0 Å². The van der Waals surface area contributed by atoms with Gasteiger partial charge in [-0.05, 0) is 45.0 Å². The maximum absolute atomic E-state index is 13.7. The van der Waals surface area contributed by atoms with E-state index in [1.807, 2.05) is 0 Å². The van der Waals surface area contributed by atoms with E-state index in [1.54, 1.807) is 11.9 Å². The standard InChI is InChI=1S/C15H22FN3O3S/c1-11(15(20)19(2)12-7-9-17-10-8-12)18-23(21,22)14-6-4-3-5-13(14)16/h3-6,11-12,17-18H,7-10H2,1-2H3. The summed E-state index contributed by atoms with van der Waals surface area (Å²) in [4.78, 5) is 13.5. The lowest BCUT2D eigenvalue weighted by atomic mass is 10.0. The van der Waals surface area contributed by atoms with Gasteiger partial charge in [0.15, 0.2) is 0 Å². The number of carbonyl (C=O) groups excluding carboxylic acids is 1. The van der Waals surface area contributed by atoms with E-state index in [1.165, 1.54) is 25.1 Å². The van der Waals surface area contributed by atoms with Gasteiger partial charge in [0.05, 0.1) is 6.04 Å². The summed E-state index contributed by atoms with van der Waals surface area (Å²) in [6, 6.07) is 4.22. The highest BCUT2D eigenvalue weighted by molar-refractivity contribution is 7.89. The van der Waals surface area contributed by atoms with Crippen molar-refractivity contribution >= 4 is 15.9 Å². The van der Waals surface area contributed by atoms with E-state index in [0.717, 1.165) is 32.0 Å². The molecule has 1 aliphatic rings. The first-order chi connectivity index (χ1) is 10.8. The van der Waals surface area contributed by atoms with Gasteiger partial charge in [0.25, 0.3) is 0 Å². The van der Waals surface area contributed by atoms with Crippen LogP contribution in [0.2, 0.25) is 0 Å². The van der Waals surface area contributed by atoms with Crippen molar-refractivity contribution in [3.63, 3.8) is 0 Å². The average molecular weight is 343 g/mol. The van der Waals surface area contributed by atoms with Crippen LogP contribution in [0, 0.1) is 5.82 Å². The van der Waals surface area contributed by atoms with Gasteiger partial charge in [-0.25, -0.2) is 12.8 Å². The van der Waals surface area contributed by atoms with Gasteiger partial charge in [-0.3, -0.25) is 4.79 Å². The summed E-state index contributed by atoms with van der Waals surface area (Å²) >= 11 is 0. The predicted molar refractivity (Wildman–Crippen MR) is 84.8 cm³/mol. The molecule has 1 saturated heterocycles. The minimum Gasteiger partial charge on any atom is -0.341 e. The second-order valence-electron chi connectivity index (χ2n) is 5.70. The van der Waals surface area contributed by atoms with Gasteiger partial charge in [-0.15, -0.1) is 0 Å². The monoisotopic (exact) mass is 343 g/mol. The van der Waals surface area contributed by atoms with Crippen LogP contribution in [-0.4, -0.2) is 51.4 Å². The second-order valence-corrected chi connectivity index (χ2v) is 7.39. The van der Waals surface area contributed by atoms with Crippen molar-refractivity contribution < 1.29 is 17.6 Å². The van der Waals surface area contributed by atoms with Gasteiger partial charge < -0.3 is 10.2 Å². The summed E-state index contributed by atoms with van der Waals surface area (Å²) in [5.74, 6) is -1.16. The fourth-order valence-electron chi connectivity index (χ4n) is 2.69. The van der Waals surface area contributed by atoms with Gasteiger partial charge in [-0.2, -0.15) is 4.72 Å². The molecular weight excluding hydrogens is 321 g/mol. The number of halogens is 1. The lowest BCUT2D eigenvalue weighted by Crippen LogP contribution is -2.51. The summed E-state index contributed by atoms with van der Waals surface area (Å²) in [6.45, 7) is 3.13. The Labute approximate surface area is 136 Å². The van der Waals surface area contributed by atoms with Crippen LogP contribution in [0.3, 0.4) is 0 Å². The van der Waals surface area contributed by atoms with E-state index in [0.29, 0.717) is 0 Å². The number of amides is 1. The molecule has 1 unspecified atom stereocenters. The molecule has 0 aromatic heterocycles. The van der Waals surface area contributed by atoms with Crippen LogP contribution >= 0.6 is 0 Å². The molecule has 1 amide bonds. The molecule has 23 heavy (non-hydrogen) atoms. The predicted octanol–water partition coefficient (Wildman–Crippen LogP) is 0.703. The largest absolute Gasteiger partial charge is 0.341 e. The SMILES string of the molecule is CC(NS(=O)(=O)c1ccccc1F)C(=O)N(C)C1CCNCC1. The highest BCUT2D eigenvalue weighted by Gasteiger charge is 2.29.